The van der Waals surface area contributed by atoms with Crippen molar-refractivity contribution in [2.75, 3.05) is 12.8 Å². The van der Waals surface area contributed by atoms with Gasteiger partial charge in [0.05, 0.1) is 5.75 Å². The van der Waals surface area contributed by atoms with Crippen LogP contribution in [0.1, 0.15) is 11.1 Å². The van der Waals surface area contributed by atoms with Crippen molar-refractivity contribution in [3.8, 4) is 22.5 Å². The first-order chi connectivity index (χ1) is 14.0. The lowest BCUT2D eigenvalue weighted by molar-refractivity contribution is -0.117. The Morgan fingerprint density at radius 1 is 0.862 bits per heavy atom. The Labute approximate surface area is 173 Å². The maximum absolute atomic E-state index is 11.8. The highest BCUT2D eigenvalue weighted by molar-refractivity contribution is 7.99. The summed E-state index contributed by atoms with van der Waals surface area (Å²) in [6.07, 6.45) is 0. The lowest BCUT2D eigenvalue weighted by Crippen LogP contribution is -2.38. The van der Waals surface area contributed by atoms with Crippen LogP contribution in [0.5, 0.6) is 0 Å². The van der Waals surface area contributed by atoms with Crippen LogP contribution >= 0.6 is 11.8 Å². The van der Waals surface area contributed by atoms with Gasteiger partial charge in [-0.25, -0.2) is 9.78 Å². The van der Waals surface area contributed by atoms with Crippen molar-refractivity contribution in [3.05, 3.63) is 59.7 Å². The number of hydrogen-bond donors (Lipinski definition) is 2. The van der Waals surface area contributed by atoms with E-state index in [9.17, 15) is 9.59 Å². The van der Waals surface area contributed by atoms with E-state index >= 15 is 0 Å². The number of carbonyl (C=O) groups excluding carboxylic acids is 2. The minimum absolute atomic E-state index is 0.00627. The molecule has 0 aliphatic rings. The van der Waals surface area contributed by atoms with Crippen LogP contribution in [-0.2, 0) is 4.79 Å². The summed E-state index contributed by atoms with van der Waals surface area (Å²) in [6.45, 7) is 4.05. The fourth-order valence-electron chi connectivity index (χ4n) is 2.55. The van der Waals surface area contributed by atoms with Crippen LogP contribution in [0, 0.1) is 13.8 Å². The van der Waals surface area contributed by atoms with Gasteiger partial charge in [-0.05, 0) is 13.8 Å². The van der Waals surface area contributed by atoms with Crippen LogP contribution in [0.25, 0.3) is 22.5 Å². The third kappa shape index (κ3) is 5.39. The van der Waals surface area contributed by atoms with Gasteiger partial charge in [0.15, 0.2) is 0 Å². The second-order valence-corrected chi connectivity index (χ2v) is 7.38. The molecule has 3 aromatic rings. The summed E-state index contributed by atoms with van der Waals surface area (Å²) in [5.41, 5.74) is 5.50. The molecule has 0 radical (unpaired) electrons. The highest BCUT2D eigenvalue weighted by atomic mass is 32.2. The number of amides is 3. The standard InChI is InChI=1S/C21H21N5O2S/c1-13-4-8-15(9-5-13)18-19(16-10-6-14(2)7-11-16)25-26-21(24-18)29-12-17(27)23-20(28)22-3/h4-11H,12H2,1-3H3,(H2,22,23,27,28). The van der Waals surface area contributed by atoms with Gasteiger partial charge in [0.1, 0.15) is 11.4 Å². The van der Waals surface area contributed by atoms with Crippen LogP contribution in [-0.4, -0.2) is 39.9 Å². The number of carbonyl (C=O) groups is 2. The van der Waals surface area contributed by atoms with Crippen molar-refractivity contribution in [2.45, 2.75) is 19.0 Å². The molecule has 8 heteroatoms. The van der Waals surface area contributed by atoms with Gasteiger partial charge in [0.2, 0.25) is 11.1 Å². The molecule has 0 unspecified atom stereocenters. The quantitative estimate of drug-likeness (QED) is 0.630. The predicted octanol–water partition coefficient (Wildman–Crippen LogP) is 3.37. The van der Waals surface area contributed by atoms with Gasteiger partial charge in [-0.15, -0.1) is 10.2 Å². The number of rotatable bonds is 5. The first-order valence-corrected chi connectivity index (χ1v) is 9.98. The molecule has 0 saturated heterocycles. The van der Waals surface area contributed by atoms with Gasteiger partial charge in [-0.2, -0.15) is 0 Å². The number of urea groups is 1. The number of nitrogens with one attached hydrogen (secondary N) is 2. The second-order valence-electron chi connectivity index (χ2n) is 6.44. The van der Waals surface area contributed by atoms with Crippen LogP contribution in [0.3, 0.4) is 0 Å². The largest absolute Gasteiger partial charge is 0.341 e. The van der Waals surface area contributed by atoms with Gasteiger partial charge < -0.3 is 5.32 Å². The zero-order chi connectivity index (χ0) is 20.8. The lowest BCUT2D eigenvalue weighted by Gasteiger charge is -2.10. The lowest BCUT2D eigenvalue weighted by atomic mass is 10.0. The van der Waals surface area contributed by atoms with Crippen molar-refractivity contribution < 1.29 is 9.59 Å². The molecule has 0 spiro atoms. The van der Waals surface area contributed by atoms with E-state index in [1.54, 1.807) is 0 Å². The Hall–Kier alpha value is -3.26. The summed E-state index contributed by atoms with van der Waals surface area (Å²) < 4.78 is 0. The Kier molecular flexibility index (Phi) is 6.56. The van der Waals surface area contributed by atoms with Gasteiger partial charge in [0.25, 0.3) is 0 Å². The van der Waals surface area contributed by atoms with E-state index in [-0.39, 0.29) is 5.75 Å². The molecule has 2 N–H and O–H groups in total. The fourth-order valence-corrected chi connectivity index (χ4v) is 3.13. The molecule has 0 aliphatic carbocycles. The van der Waals surface area contributed by atoms with Crippen molar-refractivity contribution in [3.63, 3.8) is 0 Å². The van der Waals surface area contributed by atoms with E-state index < -0.39 is 11.9 Å². The zero-order valence-corrected chi connectivity index (χ0v) is 17.2. The molecule has 1 aromatic heterocycles. The van der Waals surface area contributed by atoms with Crippen molar-refractivity contribution in [1.29, 1.82) is 0 Å². The number of thioether (sulfide) groups is 1. The highest BCUT2D eigenvalue weighted by Gasteiger charge is 2.15. The summed E-state index contributed by atoms with van der Waals surface area (Å²) in [5, 5.41) is 13.5. The second kappa shape index (κ2) is 9.29. The fraction of sp³-hybridized carbons (Fsp3) is 0.190. The molecule has 1 heterocycles. The van der Waals surface area contributed by atoms with Gasteiger partial charge in [-0.3, -0.25) is 10.1 Å². The molecule has 0 atom stereocenters. The summed E-state index contributed by atoms with van der Waals surface area (Å²) >= 11 is 1.12. The molecule has 2 aromatic carbocycles. The van der Waals surface area contributed by atoms with Crippen molar-refractivity contribution >= 4 is 23.7 Å². The molecule has 3 rings (SSSR count). The molecular formula is C21H21N5O2S. The van der Waals surface area contributed by atoms with Gasteiger partial charge in [0, 0.05) is 18.2 Å². The minimum Gasteiger partial charge on any atom is -0.341 e. The maximum Gasteiger partial charge on any atom is 0.321 e. The molecule has 0 aliphatic heterocycles. The molecule has 7 nitrogen and oxygen atoms in total. The van der Waals surface area contributed by atoms with E-state index in [1.807, 2.05) is 62.4 Å². The monoisotopic (exact) mass is 407 g/mol. The van der Waals surface area contributed by atoms with Crippen molar-refractivity contribution in [2.24, 2.45) is 0 Å². The summed E-state index contributed by atoms with van der Waals surface area (Å²) in [7, 11) is 1.44. The summed E-state index contributed by atoms with van der Waals surface area (Å²) in [6, 6.07) is 15.5. The molecule has 29 heavy (non-hydrogen) atoms. The third-order valence-corrected chi connectivity index (χ3v) is 4.97. The Bertz CT molecular complexity index is 1020. The van der Waals surface area contributed by atoms with Crippen LogP contribution in [0.15, 0.2) is 53.7 Å². The summed E-state index contributed by atoms with van der Waals surface area (Å²) in [4.78, 5) is 27.7. The number of benzene rings is 2. The molecule has 0 saturated carbocycles. The third-order valence-electron chi connectivity index (χ3n) is 4.13. The van der Waals surface area contributed by atoms with E-state index in [4.69, 9.17) is 0 Å². The average Bonchev–Trinajstić information content (AvgIpc) is 2.73. The number of hydrogen-bond acceptors (Lipinski definition) is 6. The Morgan fingerprint density at radius 3 is 1.97 bits per heavy atom. The topological polar surface area (TPSA) is 96.9 Å². The van der Waals surface area contributed by atoms with Crippen LogP contribution in [0.4, 0.5) is 4.79 Å². The Balaban J connectivity index is 1.91. The van der Waals surface area contributed by atoms with E-state index in [2.05, 4.69) is 25.8 Å². The predicted molar refractivity (Wildman–Crippen MR) is 113 cm³/mol. The number of nitrogens with zero attached hydrogens (tertiary/aromatic N) is 3. The minimum atomic E-state index is -0.551. The first kappa shape index (κ1) is 20.5. The smallest absolute Gasteiger partial charge is 0.321 e. The average molecular weight is 407 g/mol. The highest BCUT2D eigenvalue weighted by Crippen LogP contribution is 2.30. The number of aryl methyl sites for hydroxylation is 2. The molecule has 148 valence electrons. The normalized spacial score (nSPS) is 10.4. The molecule has 3 amide bonds. The molecular weight excluding hydrogens is 386 g/mol. The summed E-state index contributed by atoms with van der Waals surface area (Å²) in [5.74, 6) is -0.427. The maximum atomic E-state index is 11.8. The van der Waals surface area contributed by atoms with Gasteiger partial charge >= 0.3 is 6.03 Å². The van der Waals surface area contributed by atoms with Crippen LogP contribution in [0.2, 0.25) is 0 Å². The molecule has 0 bridgehead atoms. The number of aromatic nitrogens is 3. The first-order valence-electron chi connectivity index (χ1n) is 8.99. The van der Waals surface area contributed by atoms with Crippen molar-refractivity contribution in [1.82, 2.24) is 25.8 Å². The number of imide groups is 1. The zero-order valence-electron chi connectivity index (χ0n) is 16.4. The SMILES string of the molecule is CNC(=O)NC(=O)CSc1nnc(-c2ccc(C)cc2)c(-c2ccc(C)cc2)n1. The van der Waals surface area contributed by atoms with Crippen LogP contribution < -0.4 is 10.6 Å². The van der Waals surface area contributed by atoms with E-state index in [1.165, 1.54) is 7.05 Å². The Morgan fingerprint density at radius 2 is 1.41 bits per heavy atom. The van der Waals surface area contributed by atoms with Gasteiger partial charge in [-0.1, -0.05) is 71.4 Å². The molecule has 0 fully saturated rings. The van der Waals surface area contributed by atoms with E-state index in [0.717, 1.165) is 34.0 Å². The van der Waals surface area contributed by atoms with E-state index in [0.29, 0.717) is 16.5 Å².